The highest BCUT2D eigenvalue weighted by atomic mass is 35.5. The van der Waals surface area contributed by atoms with Crippen molar-refractivity contribution in [2.75, 3.05) is 18.5 Å². The highest BCUT2D eigenvalue weighted by Gasteiger charge is 2.17. The Labute approximate surface area is 107 Å². The lowest BCUT2D eigenvalue weighted by Gasteiger charge is -2.20. The number of anilines is 1. The fourth-order valence-electron chi connectivity index (χ4n) is 1.26. The summed E-state index contributed by atoms with van der Waals surface area (Å²) in [4.78, 5) is 0. The third kappa shape index (κ3) is 4.52. The van der Waals surface area contributed by atoms with Crippen LogP contribution in [-0.4, -0.2) is 29.5 Å². The molecule has 1 heterocycles. The van der Waals surface area contributed by atoms with Crippen LogP contribution in [0.3, 0.4) is 0 Å². The maximum absolute atomic E-state index is 5.85. The molecule has 0 saturated carbocycles. The van der Waals surface area contributed by atoms with Gasteiger partial charge in [-0.1, -0.05) is 18.9 Å². The Morgan fingerprint density at radius 2 is 2.06 bits per heavy atom. The molecule has 5 nitrogen and oxygen atoms in total. The zero-order valence-electron chi connectivity index (χ0n) is 10.7. The van der Waals surface area contributed by atoms with Crippen molar-refractivity contribution >= 4 is 17.6 Å². The van der Waals surface area contributed by atoms with Crippen LogP contribution in [0.1, 0.15) is 39.0 Å². The summed E-state index contributed by atoms with van der Waals surface area (Å²) in [5.41, 5.74) is 0. The van der Waals surface area contributed by atoms with Crippen molar-refractivity contribution in [1.82, 2.24) is 10.2 Å². The lowest BCUT2D eigenvalue weighted by molar-refractivity contribution is 0.126. The Bertz CT molecular complexity index is 328. The number of ether oxygens (including phenoxy) is 1. The van der Waals surface area contributed by atoms with Gasteiger partial charge in [-0.3, -0.25) is 0 Å². The Hall–Kier alpha value is -0.810. The van der Waals surface area contributed by atoms with E-state index in [2.05, 4.69) is 29.4 Å². The number of alkyl halides is 1. The van der Waals surface area contributed by atoms with E-state index < -0.39 is 0 Å². The Morgan fingerprint density at radius 1 is 1.35 bits per heavy atom. The third-order valence-electron chi connectivity index (χ3n) is 2.40. The number of aromatic nitrogens is 2. The molecule has 1 aromatic heterocycles. The Balaban J connectivity index is 2.58. The second-order valence-electron chi connectivity index (χ2n) is 4.22. The topological polar surface area (TPSA) is 60.2 Å². The molecule has 0 radical (unpaired) electrons. The number of nitrogens with one attached hydrogen (secondary N) is 1. The van der Waals surface area contributed by atoms with Gasteiger partial charge in [0.1, 0.15) is 5.38 Å². The molecular formula is C11H20ClN3O2. The zero-order chi connectivity index (χ0) is 12.8. The van der Waals surface area contributed by atoms with E-state index in [0.717, 1.165) is 0 Å². The van der Waals surface area contributed by atoms with E-state index in [1.165, 1.54) is 0 Å². The summed E-state index contributed by atoms with van der Waals surface area (Å²) in [6.45, 7) is 9.29. The van der Waals surface area contributed by atoms with Gasteiger partial charge in [0, 0.05) is 6.61 Å². The molecule has 17 heavy (non-hydrogen) atoms. The number of hydrogen-bond donors (Lipinski definition) is 1. The van der Waals surface area contributed by atoms with Crippen LogP contribution in [0.25, 0.3) is 0 Å². The molecule has 0 amide bonds. The average Bonchev–Trinajstić information content (AvgIpc) is 2.72. The maximum atomic E-state index is 5.85. The first-order chi connectivity index (χ1) is 8.04. The highest BCUT2D eigenvalue weighted by molar-refractivity contribution is 6.20. The maximum Gasteiger partial charge on any atom is 0.315 e. The van der Waals surface area contributed by atoms with E-state index in [0.29, 0.717) is 31.0 Å². The van der Waals surface area contributed by atoms with Crippen LogP contribution < -0.4 is 5.32 Å². The van der Waals surface area contributed by atoms with Crippen molar-refractivity contribution in [1.29, 1.82) is 0 Å². The van der Waals surface area contributed by atoms with Gasteiger partial charge < -0.3 is 14.5 Å². The van der Waals surface area contributed by atoms with Gasteiger partial charge in [0.15, 0.2) is 0 Å². The molecule has 0 aromatic carbocycles. The molecule has 1 aromatic rings. The molecule has 2 atom stereocenters. The van der Waals surface area contributed by atoms with Crippen LogP contribution in [0.2, 0.25) is 0 Å². The normalized spacial score (nSPS) is 14.9. The molecule has 0 fully saturated rings. The van der Waals surface area contributed by atoms with Crippen molar-refractivity contribution < 1.29 is 9.15 Å². The first-order valence-corrected chi connectivity index (χ1v) is 6.30. The molecule has 0 aliphatic carbocycles. The number of rotatable bonds is 7. The van der Waals surface area contributed by atoms with Gasteiger partial charge in [0.2, 0.25) is 5.89 Å². The van der Waals surface area contributed by atoms with Crippen LogP contribution in [0.4, 0.5) is 6.01 Å². The second kappa shape index (κ2) is 6.81. The summed E-state index contributed by atoms with van der Waals surface area (Å²) < 4.78 is 10.8. The monoisotopic (exact) mass is 261 g/mol. The van der Waals surface area contributed by atoms with Gasteiger partial charge in [-0.15, -0.1) is 16.7 Å². The molecule has 1 N–H and O–H groups in total. The van der Waals surface area contributed by atoms with Crippen LogP contribution >= 0.6 is 11.6 Å². The van der Waals surface area contributed by atoms with Gasteiger partial charge in [-0.05, 0) is 19.8 Å². The molecule has 0 saturated heterocycles. The Kier molecular flexibility index (Phi) is 5.71. The van der Waals surface area contributed by atoms with Crippen molar-refractivity contribution in [2.45, 2.75) is 39.1 Å². The number of hydrogen-bond acceptors (Lipinski definition) is 5. The van der Waals surface area contributed by atoms with Crippen molar-refractivity contribution in [3.8, 4) is 0 Å². The van der Waals surface area contributed by atoms with E-state index in [9.17, 15) is 0 Å². The van der Waals surface area contributed by atoms with E-state index in [4.69, 9.17) is 20.8 Å². The molecule has 98 valence electrons. The van der Waals surface area contributed by atoms with Crippen molar-refractivity contribution in [2.24, 2.45) is 5.92 Å². The van der Waals surface area contributed by atoms with Gasteiger partial charge in [0.05, 0.1) is 12.6 Å². The first-order valence-electron chi connectivity index (χ1n) is 5.86. The summed E-state index contributed by atoms with van der Waals surface area (Å²) in [7, 11) is 0. The van der Waals surface area contributed by atoms with Crippen LogP contribution in [-0.2, 0) is 4.74 Å². The predicted octanol–water partition coefficient (Wildman–Crippen LogP) is 2.84. The van der Waals surface area contributed by atoms with Crippen LogP contribution in [0.15, 0.2) is 4.42 Å². The minimum atomic E-state index is -0.276. The summed E-state index contributed by atoms with van der Waals surface area (Å²) in [5.74, 6) is 0.832. The van der Waals surface area contributed by atoms with Gasteiger partial charge in [0.25, 0.3) is 0 Å². The molecular weight excluding hydrogens is 242 g/mol. The van der Waals surface area contributed by atoms with Crippen LogP contribution in [0, 0.1) is 5.92 Å². The lowest BCUT2D eigenvalue weighted by Crippen LogP contribution is -2.31. The molecule has 0 aliphatic heterocycles. The summed E-state index contributed by atoms with van der Waals surface area (Å²) in [6, 6.07) is 0.541. The molecule has 1 rings (SSSR count). The molecule has 6 heteroatoms. The standard InChI is InChI=1S/C11H20ClN3O2/c1-5-16-6-9(7(2)3)13-11-15-14-10(17-11)8(4)12/h7-9H,5-6H2,1-4H3,(H,13,15). The predicted molar refractivity (Wildman–Crippen MR) is 67.3 cm³/mol. The SMILES string of the molecule is CCOCC(Nc1nnc(C(C)Cl)o1)C(C)C. The van der Waals surface area contributed by atoms with Gasteiger partial charge >= 0.3 is 6.01 Å². The largest absolute Gasteiger partial charge is 0.406 e. The summed E-state index contributed by atoms with van der Waals surface area (Å²) in [6.07, 6.45) is 0. The zero-order valence-corrected chi connectivity index (χ0v) is 11.5. The van der Waals surface area contributed by atoms with E-state index in [1.54, 1.807) is 6.92 Å². The molecule has 0 bridgehead atoms. The van der Waals surface area contributed by atoms with E-state index in [1.807, 2.05) is 6.92 Å². The molecule has 2 unspecified atom stereocenters. The second-order valence-corrected chi connectivity index (χ2v) is 4.87. The van der Waals surface area contributed by atoms with E-state index >= 15 is 0 Å². The Morgan fingerprint density at radius 3 is 2.53 bits per heavy atom. The molecule has 0 aliphatic rings. The molecule has 0 spiro atoms. The fraction of sp³-hybridized carbons (Fsp3) is 0.818. The van der Waals surface area contributed by atoms with Gasteiger partial charge in [-0.25, -0.2) is 0 Å². The van der Waals surface area contributed by atoms with Crippen LogP contribution in [0.5, 0.6) is 0 Å². The van der Waals surface area contributed by atoms with E-state index in [-0.39, 0.29) is 11.4 Å². The summed E-state index contributed by atoms with van der Waals surface area (Å²) in [5, 5.41) is 10.6. The number of nitrogens with zero attached hydrogens (tertiary/aromatic N) is 2. The first kappa shape index (κ1) is 14.3. The van der Waals surface area contributed by atoms with Crippen molar-refractivity contribution in [3.05, 3.63) is 5.89 Å². The van der Waals surface area contributed by atoms with Gasteiger partial charge in [-0.2, -0.15) is 0 Å². The van der Waals surface area contributed by atoms with Crippen molar-refractivity contribution in [3.63, 3.8) is 0 Å². The quantitative estimate of drug-likeness (QED) is 0.765. The average molecular weight is 262 g/mol. The smallest absolute Gasteiger partial charge is 0.315 e. The lowest BCUT2D eigenvalue weighted by atomic mass is 10.1. The minimum absolute atomic E-state index is 0.147. The fourth-order valence-corrected chi connectivity index (χ4v) is 1.35. The minimum Gasteiger partial charge on any atom is -0.406 e. The number of halogens is 1. The third-order valence-corrected chi connectivity index (χ3v) is 2.58. The highest BCUT2D eigenvalue weighted by Crippen LogP contribution is 2.20. The summed E-state index contributed by atoms with van der Waals surface area (Å²) >= 11 is 5.85.